The van der Waals surface area contributed by atoms with E-state index in [9.17, 15) is 0 Å². The van der Waals surface area contributed by atoms with E-state index in [4.69, 9.17) is 8.83 Å². The summed E-state index contributed by atoms with van der Waals surface area (Å²) in [7, 11) is 0. The second-order valence-corrected chi connectivity index (χ2v) is 24.1. The Morgan fingerprint density at radius 2 is 0.625 bits per heavy atom. The number of furan rings is 2. The number of hydrogen-bond donors (Lipinski definition) is 0. The summed E-state index contributed by atoms with van der Waals surface area (Å²) in [5.74, 6) is 0. The normalized spacial score (nSPS) is 12.3. The molecule has 19 rings (SSSR count). The number of fused-ring (bicyclic) bond motifs is 20. The van der Waals surface area contributed by atoms with E-state index in [1.54, 1.807) is 0 Å². The molecule has 6 nitrogen and oxygen atoms in total. The zero-order valence-electron chi connectivity index (χ0n) is 48.9. The van der Waals surface area contributed by atoms with Crippen LogP contribution in [0.4, 0.5) is 34.1 Å². The largest absolute Gasteiger partial charge is 0.454 e. The summed E-state index contributed by atoms with van der Waals surface area (Å²) in [4.78, 5) is 4.94. The van der Waals surface area contributed by atoms with Crippen LogP contribution < -0.4 is 9.80 Å². The predicted octanol–water partition coefficient (Wildman–Crippen LogP) is 23.3. The third-order valence-electron chi connectivity index (χ3n) is 19.2. The zero-order valence-corrected chi connectivity index (χ0v) is 48.9. The van der Waals surface area contributed by atoms with Crippen molar-refractivity contribution in [2.24, 2.45) is 0 Å². The van der Waals surface area contributed by atoms with Crippen LogP contribution in [0.2, 0.25) is 0 Å². The monoisotopic (exact) mass is 1130 g/mol. The molecule has 6 heterocycles. The lowest BCUT2D eigenvalue weighted by molar-refractivity contribution is 0.668. The fourth-order valence-corrected chi connectivity index (χ4v) is 15.2. The molecule has 88 heavy (non-hydrogen) atoms. The maximum Gasteiger partial charge on any atom is 0.159 e. The second kappa shape index (κ2) is 18.1. The number of aryl methyl sites for hydroxylation is 4. The van der Waals surface area contributed by atoms with Gasteiger partial charge in [0.25, 0.3) is 0 Å². The van der Waals surface area contributed by atoms with Crippen molar-refractivity contribution in [1.82, 2.24) is 8.80 Å². The van der Waals surface area contributed by atoms with Gasteiger partial charge in [0.2, 0.25) is 0 Å². The average molecular weight is 1130 g/mol. The maximum atomic E-state index is 6.99. The van der Waals surface area contributed by atoms with E-state index >= 15 is 0 Å². The molecular formula is C82H54N4O2. The summed E-state index contributed by atoms with van der Waals surface area (Å²) in [5, 5.41) is 14.3. The van der Waals surface area contributed by atoms with E-state index in [2.05, 4.69) is 301 Å². The van der Waals surface area contributed by atoms with E-state index in [0.717, 1.165) is 122 Å². The van der Waals surface area contributed by atoms with Gasteiger partial charge in [-0.3, -0.25) is 0 Å². The third kappa shape index (κ3) is 6.66. The van der Waals surface area contributed by atoms with Gasteiger partial charge in [0, 0.05) is 87.4 Å². The zero-order chi connectivity index (χ0) is 58.2. The van der Waals surface area contributed by atoms with E-state index in [-0.39, 0.29) is 0 Å². The summed E-state index contributed by atoms with van der Waals surface area (Å²) >= 11 is 0. The van der Waals surface area contributed by atoms with E-state index in [0.29, 0.717) is 0 Å². The van der Waals surface area contributed by atoms with E-state index in [1.165, 1.54) is 76.3 Å². The smallest absolute Gasteiger partial charge is 0.159 e. The van der Waals surface area contributed by atoms with Crippen molar-refractivity contribution in [3.8, 4) is 22.3 Å². The fraction of sp³-hybridized carbons (Fsp3) is 0.0488. The Balaban J connectivity index is 0.902. The molecule has 0 radical (unpaired) electrons. The Labute approximate surface area is 505 Å². The Hall–Kier alpha value is -11.3. The van der Waals surface area contributed by atoms with Crippen LogP contribution in [0, 0.1) is 27.7 Å². The molecule has 19 aromatic rings. The Kier molecular flexibility index (Phi) is 10.1. The van der Waals surface area contributed by atoms with Crippen LogP contribution in [0.25, 0.3) is 142 Å². The van der Waals surface area contributed by atoms with Gasteiger partial charge >= 0.3 is 0 Å². The minimum atomic E-state index is 0.868. The molecule has 6 aromatic heterocycles. The van der Waals surface area contributed by atoms with Crippen LogP contribution in [-0.4, -0.2) is 8.80 Å². The van der Waals surface area contributed by atoms with Gasteiger partial charge in [-0.2, -0.15) is 0 Å². The molecule has 0 spiro atoms. The summed E-state index contributed by atoms with van der Waals surface area (Å²) in [6.07, 6.45) is 0. The standard InChI is InChI=1S/C82H54N4O2/c1-47-31-35-53(51-19-7-5-8-20-51)43-67(47)83(77-49(3)33-39-59-57-23-13-17-29-71(57)87-81(59)77)55-37-41-63-69(45-55)85-65-27-15-11-25-61(65)74-76-64-42-38-56(46-70(64)86-66-28-16-12-26-62(66)73(80(76)86)75(63)79(74)85)84(68-44-54(36-32-48(68)2)52-21-9-6-10-22-52)78-50(4)34-40-60-58-24-14-18-30-72(58)88-82(60)78/h5-46H,1-4H3. The van der Waals surface area contributed by atoms with Crippen LogP contribution in [-0.2, 0) is 0 Å². The van der Waals surface area contributed by atoms with Gasteiger partial charge in [0.15, 0.2) is 11.2 Å². The Morgan fingerprint density at radius 3 is 1.06 bits per heavy atom. The number of anilines is 6. The van der Waals surface area contributed by atoms with Gasteiger partial charge in [-0.1, -0.05) is 194 Å². The van der Waals surface area contributed by atoms with Crippen LogP contribution in [0.5, 0.6) is 0 Å². The lowest BCUT2D eigenvalue weighted by atomic mass is 9.97. The van der Waals surface area contributed by atoms with Crippen molar-refractivity contribution in [1.29, 1.82) is 0 Å². The first-order valence-corrected chi connectivity index (χ1v) is 30.4. The van der Waals surface area contributed by atoms with Crippen molar-refractivity contribution in [2.75, 3.05) is 9.80 Å². The molecule has 0 N–H and O–H groups in total. The Bertz CT molecular complexity index is 5740. The lowest BCUT2D eigenvalue weighted by Gasteiger charge is -2.29. The van der Waals surface area contributed by atoms with E-state index in [1.807, 2.05) is 0 Å². The second-order valence-electron chi connectivity index (χ2n) is 24.1. The summed E-state index contributed by atoms with van der Waals surface area (Å²) in [6, 6.07) is 93.5. The number of nitrogens with zero attached hydrogens (tertiary/aromatic N) is 4. The Morgan fingerprint density at radius 1 is 0.273 bits per heavy atom. The van der Waals surface area contributed by atoms with Crippen molar-refractivity contribution < 1.29 is 8.83 Å². The molecule has 0 aliphatic heterocycles. The van der Waals surface area contributed by atoms with Crippen LogP contribution in [0.15, 0.2) is 264 Å². The van der Waals surface area contributed by atoms with Gasteiger partial charge in [-0.05, 0) is 133 Å². The van der Waals surface area contributed by atoms with Crippen molar-refractivity contribution in [3.63, 3.8) is 0 Å². The highest BCUT2D eigenvalue weighted by atomic mass is 16.3. The number of para-hydroxylation sites is 4. The van der Waals surface area contributed by atoms with E-state index < -0.39 is 0 Å². The predicted molar refractivity (Wildman–Crippen MR) is 370 cm³/mol. The fourth-order valence-electron chi connectivity index (χ4n) is 15.2. The molecular weight excluding hydrogens is 1070 g/mol. The summed E-state index contributed by atoms with van der Waals surface area (Å²) < 4.78 is 19.1. The molecule has 0 unspecified atom stereocenters. The molecule has 0 bridgehead atoms. The first-order valence-electron chi connectivity index (χ1n) is 30.4. The van der Waals surface area contributed by atoms with Crippen LogP contribution in [0.1, 0.15) is 22.3 Å². The summed E-state index contributed by atoms with van der Waals surface area (Å²) in [5.41, 5.74) is 26.2. The molecule has 0 fully saturated rings. The third-order valence-corrected chi connectivity index (χ3v) is 19.2. The lowest BCUT2D eigenvalue weighted by Crippen LogP contribution is -2.13. The van der Waals surface area contributed by atoms with Gasteiger partial charge in [0.1, 0.15) is 11.2 Å². The number of hydrogen-bond acceptors (Lipinski definition) is 4. The van der Waals surface area contributed by atoms with Crippen LogP contribution in [0.3, 0.4) is 0 Å². The highest BCUT2D eigenvalue weighted by Gasteiger charge is 2.32. The molecule has 0 atom stereocenters. The molecule has 0 saturated heterocycles. The molecule has 6 heteroatoms. The minimum Gasteiger partial charge on any atom is -0.454 e. The average Bonchev–Trinajstić information content (AvgIpc) is 1.49. The molecule has 0 aliphatic carbocycles. The molecule has 0 aliphatic rings. The topological polar surface area (TPSA) is 41.6 Å². The minimum absolute atomic E-state index is 0.868. The van der Waals surface area contributed by atoms with Crippen molar-refractivity contribution in [2.45, 2.75) is 27.7 Å². The van der Waals surface area contributed by atoms with Gasteiger partial charge in [0.05, 0.1) is 44.5 Å². The molecule has 0 saturated carbocycles. The SMILES string of the molecule is Cc1ccc(-c2ccccc2)cc1N(c1ccc2c3c4c5ccccc5n5c6cc(N(c7cc(-c8ccccc8)ccc7C)c7c(C)ccc8c7oc7ccccc78)ccc6c(c6c7ccccc7n(c2c1)c63)c45)c1c(C)ccc2c1oc1ccccc12. The molecule has 13 aromatic carbocycles. The van der Waals surface area contributed by atoms with Gasteiger partial charge < -0.3 is 27.4 Å². The first kappa shape index (κ1) is 49.0. The summed E-state index contributed by atoms with van der Waals surface area (Å²) in [6.45, 7) is 8.90. The van der Waals surface area contributed by atoms with Gasteiger partial charge in [-0.15, -0.1) is 0 Å². The van der Waals surface area contributed by atoms with Gasteiger partial charge in [-0.25, -0.2) is 0 Å². The number of aromatic nitrogens is 2. The van der Waals surface area contributed by atoms with Crippen molar-refractivity contribution >= 4 is 154 Å². The molecule has 0 amide bonds. The number of rotatable bonds is 8. The highest BCUT2D eigenvalue weighted by Crippen LogP contribution is 2.55. The first-order chi connectivity index (χ1) is 43.3. The quantitative estimate of drug-likeness (QED) is 0.152. The maximum absolute atomic E-state index is 6.99. The number of benzene rings is 13. The van der Waals surface area contributed by atoms with Crippen LogP contribution >= 0.6 is 0 Å². The molecule has 414 valence electrons. The van der Waals surface area contributed by atoms with Crippen molar-refractivity contribution in [3.05, 3.63) is 277 Å². The highest BCUT2D eigenvalue weighted by molar-refractivity contribution is 6.45.